The Hall–Kier alpha value is -4.31. The van der Waals surface area contributed by atoms with E-state index < -0.39 is 116 Å². The molecule has 47 heavy (non-hydrogen) atoms. The molecule has 0 radical (unpaired) electrons. The third-order valence-corrected chi connectivity index (χ3v) is 6.22. The first-order valence-corrected chi connectivity index (χ1v) is 14.2. The Morgan fingerprint density at radius 3 is 1.30 bits per heavy atom. The summed E-state index contributed by atoms with van der Waals surface area (Å²) in [6.07, 6.45) is -10.2. The lowest BCUT2D eigenvalue weighted by molar-refractivity contribution is -0.360. The summed E-state index contributed by atoms with van der Waals surface area (Å²) in [6.45, 7) is 5.94. The number of carbonyl (C=O) groups excluding carboxylic acids is 7. The molecule has 18 nitrogen and oxygen atoms in total. The first kappa shape index (κ1) is 38.9. The Morgan fingerprint density at radius 2 is 0.872 bits per heavy atom. The van der Waals surface area contributed by atoms with Crippen molar-refractivity contribution in [3.8, 4) is 12.3 Å². The standard InChI is InChI=1S/C29H38O18/c1-9-10-37-28-26(43-18(7)35)25(42-17(6)34)23(21(45-28)12-39-14(3)31)47-29-27(44-19(8)36)24(41-16(5)33)22(40-15(4)32)20(46-29)11-38-13(2)30/h1,20-29H,10-12H2,2-8H3/t20-,21-,22-,23-,24+,25+,26-,27-,28-,29?/m1/s1. The SMILES string of the molecule is C#CCO[C@@H]1O[C@H](COC(C)=O)[C@@H](OC2O[C@H](COC(C)=O)[C@@H](OC(C)=O)[C@H](OC(C)=O)[C@H]2OC(C)=O)[C@H](OC(C)=O)[C@H]1OC(C)=O. The summed E-state index contributed by atoms with van der Waals surface area (Å²) in [6, 6.07) is 0. The predicted octanol–water partition coefficient (Wildman–Crippen LogP) is -0.744. The van der Waals surface area contributed by atoms with Crippen LogP contribution in [0.25, 0.3) is 0 Å². The Labute approximate surface area is 269 Å². The first-order valence-electron chi connectivity index (χ1n) is 14.2. The lowest BCUT2D eigenvalue weighted by atomic mass is 9.96. The van der Waals surface area contributed by atoms with Crippen molar-refractivity contribution in [2.45, 2.75) is 110 Å². The third kappa shape index (κ3) is 12.1. The van der Waals surface area contributed by atoms with Gasteiger partial charge in [0, 0.05) is 48.5 Å². The van der Waals surface area contributed by atoms with Crippen LogP contribution in [0.2, 0.25) is 0 Å². The van der Waals surface area contributed by atoms with E-state index in [1.54, 1.807) is 0 Å². The van der Waals surface area contributed by atoms with Crippen molar-refractivity contribution in [3.63, 3.8) is 0 Å². The summed E-state index contributed by atoms with van der Waals surface area (Å²) in [4.78, 5) is 84.5. The molecule has 2 aliphatic rings. The van der Waals surface area contributed by atoms with Crippen LogP contribution in [0.4, 0.5) is 0 Å². The van der Waals surface area contributed by atoms with Crippen LogP contribution in [0.3, 0.4) is 0 Å². The maximum atomic E-state index is 12.3. The highest BCUT2D eigenvalue weighted by Gasteiger charge is 2.57. The molecule has 0 N–H and O–H groups in total. The van der Waals surface area contributed by atoms with Crippen LogP contribution in [0, 0.1) is 12.3 Å². The summed E-state index contributed by atoms with van der Waals surface area (Å²) in [5, 5.41) is 0. The summed E-state index contributed by atoms with van der Waals surface area (Å²) >= 11 is 0. The van der Waals surface area contributed by atoms with Crippen molar-refractivity contribution in [2.24, 2.45) is 0 Å². The van der Waals surface area contributed by atoms with Crippen molar-refractivity contribution in [2.75, 3.05) is 19.8 Å². The Bertz CT molecular complexity index is 1210. The van der Waals surface area contributed by atoms with Crippen molar-refractivity contribution in [1.82, 2.24) is 0 Å². The fourth-order valence-corrected chi connectivity index (χ4v) is 4.74. The molecule has 262 valence electrons. The first-order chi connectivity index (χ1) is 22.0. The minimum Gasteiger partial charge on any atom is -0.463 e. The molecule has 0 saturated carbocycles. The van der Waals surface area contributed by atoms with Gasteiger partial charge in [-0.3, -0.25) is 33.6 Å². The summed E-state index contributed by atoms with van der Waals surface area (Å²) in [7, 11) is 0. The smallest absolute Gasteiger partial charge is 0.303 e. The van der Waals surface area contributed by atoms with Gasteiger partial charge >= 0.3 is 41.8 Å². The number of esters is 7. The Kier molecular flexibility index (Phi) is 15.0. The van der Waals surface area contributed by atoms with E-state index in [9.17, 15) is 33.6 Å². The molecule has 0 aromatic rings. The van der Waals surface area contributed by atoms with E-state index in [0.29, 0.717) is 0 Å². The predicted molar refractivity (Wildman–Crippen MR) is 148 cm³/mol. The van der Waals surface area contributed by atoms with Gasteiger partial charge in [0.25, 0.3) is 0 Å². The molecule has 0 aromatic heterocycles. The van der Waals surface area contributed by atoms with E-state index in [2.05, 4.69) is 5.92 Å². The van der Waals surface area contributed by atoms with Gasteiger partial charge in [-0.05, 0) is 0 Å². The van der Waals surface area contributed by atoms with E-state index in [4.69, 9.17) is 58.5 Å². The van der Waals surface area contributed by atoms with Crippen LogP contribution in [0.15, 0.2) is 0 Å². The van der Waals surface area contributed by atoms with Gasteiger partial charge in [-0.2, -0.15) is 0 Å². The number of rotatable bonds is 13. The number of hydrogen-bond donors (Lipinski definition) is 0. The van der Waals surface area contributed by atoms with Crippen LogP contribution < -0.4 is 0 Å². The van der Waals surface area contributed by atoms with Gasteiger partial charge in [0.2, 0.25) is 0 Å². The monoisotopic (exact) mass is 674 g/mol. The average molecular weight is 675 g/mol. The van der Waals surface area contributed by atoms with Crippen LogP contribution in [-0.2, 0) is 85.7 Å². The summed E-state index contributed by atoms with van der Waals surface area (Å²) in [5.74, 6) is -3.68. The van der Waals surface area contributed by atoms with Gasteiger partial charge in [0.05, 0.1) is 0 Å². The largest absolute Gasteiger partial charge is 0.463 e. The number of terminal acetylenes is 1. The highest BCUT2D eigenvalue weighted by Crippen LogP contribution is 2.35. The molecule has 0 aromatic carbocycles. The van der Waals surface area contributed by atoms with Crippen molar-refractivity contribution in [3.05, 3.63) is 0 Å². The van der Waals surface area contributed by atoms with Gasteiger partial charge < -0.3 is 52.1 Å². The van der Waals surface area contributed by atoms with Gasteiger partial charge in [0.15, 0.2) is 43.1 Å². The van der Waals surface area contributed by atoms with E-state index in [1.165, 1.54) is 0 Å². The molecule has 0 amide bonds. The lowest BCUT2D eigenvalue weighted by Gasteiger charge is -2.48. The van der Waals surface area contributed by atoms with Crippen molar-refractivity contribution in [1.29, 1.82) is 0 Å². The highest BCUT2D eigenvalue weighted by molar-refractivity contribution is 5.69. The number of carbonyl (C=O) groups is 7. The molecular formula is C29H38O18. The summed E-state index contributed by atoms with van der Waals surface area (Å²) < 4.78 is 61.0. The van der Waals surface area contributed by atoms with Crippen LogP contribution in [0.5, 0.6) is 0 Å². The molecule has 10 atom stereocenters. The Morgan fingerprint density at radius 1 is 0.511 bits per heavy atom. The molecule has 18 heteroatoms. The molecule has 1 unspecified atom stereocenters. The van der Waals surface area contributed by atoms with Gasteiger partial charge in [-0.25, -0.2) is 0 Å². The van der Waals surface area contributed by atoms with Gasteiger partial charge in [0.1, 0.15) is 38.1 Å². The lowest BCUT2D eigenvalue weighted by Crippen LogP contribution is -2.67. The summed E-state index contributed by atoms with van der Waals surface area (Å²) in [5.41, 5.74) is 0. The van der Waals surface area contributed by atoms with Gasteiger partial charge in [-0.15, -0.1) is 6.42 Å². The highest BCUT2D eigenvalue weighted by atomic mass is 16.8. The Balaban J connectivity index is 2.72. The van der Waals surface area contributed by atoms with Crippen LogP contribution >= 0.6 is 0 Å². The fraction of sp³-hybridized carbons (Fsp3) is 0.690. The minimum atomic E-state index is -1.79. The molecule has 2 rings (SSSR count). The molecular weight excluding hydrogens is 636 g/mol. The quantitative estimate of drug-likeness (QED) is 0.133. The normalized spacial score (nSPS) is 30.0. The molecule has 2 saturated heterocycles. The molecule has 2 heterocycles. The van der Waals surface area contributed by atoms with Crippen LogP contribution in [0.1, 0.15) is 48.5 Å². The zero-order valence-electron chi connectivity index (χ0n) is 26.8. The molecule has 0 aliphatic carbocycles. The second-order valence-corrected chi connectivity index (χ2v) is 10.2. The van der Waals surface area contributed by atoms with E-state index >= 15 is 0 Å². The zero-order chi connectivity index (χ0) is 35.4. The topological polar surface area (TPSA) is 221 Å². The second-order valence-electron chi connectivity index (χ2n) is 10.2. The number of ether oxygens (including phenoxy) is 11. The zero-order valence-corrected chi connectivity index (χ0v) is 26.8. The van der Waals surface area contributed by atoms with Crippen molar-refractivity contribution >= 4 is 41.8 Å². The van der Waals surface area contributed by atoms with Gasteiger partial charge in [-0.1, -0.05) is 5.92 Å². The van der Waals surface area contributed by atoms with E-state index in [-0.39, 0.29) is 6.61 Å². The maximum Gasteiger partial charge on any atom is 0.303 e. The maximum absolute atomic E-state index is 12.3. The van der Waals surface area contributed by atoms with E-state index in [1.807, 2.05) is 0 Å². The second kappa shape index (κ2) is 18.1. The third-order valence-electron chi connectivity index (χ3n) is 6.22. The van der Waals surface area contributed by atoms with Crippen LogP contribution in [-0.4, -0.2) is 123 Å². The molecule has 0 bridgehead atoms. The fourth-order valence-electron chi connectivity index (χ4n) is 4.74. The average Bonchev–Trinajstić information content (AvgIpc) is 2.94. The van der Waals surface area contributed by atoms with Crippen molar-refractivity contribution < 1.29 is 85.7 Å². The van der Waals surface area contributed by atoms with E-state index in [0.717, 1.165) is 48.5 Å². The number of hydrogen-bond acceptors (Lipinski definition) is 18. The molecule has 2 aliphatic heterocycles. The molecule has 2 fully saturated rings. The molecule has 0 spiro atoms. The minimum absolute atomic E-state index is 0.347.